The van der Waals surface area contributed by atoms with Crippen molar-refractivity contribution < 1.29 is 55.9 Å². The first-order valence-corrected chi connectivity index (χ1v) is 0. The fourth-order valence-electron chi connectivity index (χ4n) is 0. The van der Waals surface area contributed by atoms with E-state index >= 15 is 0 Å². The summed E-state index contributed by atoms with van der Waals surface area (Å²) < 4.78 is 0. The number of rotatable bonds is 0. The van der Waals surface area contributed by atoms with Gasteiger partial charge in [-0.05, 0) is 0 Å². The molecule has 6 radical (unpaired) electrons. The van der Waals surface area contributed by atoms with Gasteiger partial charge in [-0.1, -0.05) is 0 Å². The topological polar surface area (TPSA) is 0 Å². The molecule has 0 rings (SSSR count). The predicted octanol–water partition coefficient (Wildman–Crippen LogP) is -0.388. The molecule has 4 heavy (non-hydrogen) atoms. The summed E-state index contributed by atoms with van der Waals surface area (Å²) in [5.41, 5.74) is 0. The quantitative estimate of drug-likeness (QED) is 0.453. The van der Waals surface area contributed by atoms with Gasteiger partial charge in [0.2, 0.25) is 0 Å². The first-order valence-electron chi connectivity index (χ1n) is 0. The van der Waals surface area contributed by atoms with Crippen LogP contribution < -0.4 is 0 Å². The Bertz CT molecular complexity index is 8.00. The molecule has 0 aromatic carbocycles. The number of hydrogen-bond donors (Lipinski definition) is 0. The molecule has 0 N–H and O–H groups in total. The summed E-state index contributed by atoms with van der Waals surface area (Å²) in [6.07, 6.45) is 0. The molecule has 0 aliphatic rings. The second kappa shape index (κ2) is 17.7. The predicted molar refractivity (Wildman–Crippen MR) is 5.75 cm³/mol. The average molecular weight is 438 g/mol. The molecule has 0 bridgehead atoms. The Hall–Kier alpha value is 2.55. The van der Waals surface area contributed by atoms with Crippen LogP contribution in [0.15, 0.2) is 0 Å². The van der Waals surface area contributed by atoms with E-state index in [0.717, 1.165) is 0 Å². The maximum Gasteiger partial charge on any atom is 0 e. The van der Waals surface area contributed by atoms with Crippen LogP contribution >= 0.6 is 0 Å². The van der Waals surface area contributed by atoms with Gasteiger partial charge in [-0.15, -0.1) is 0 Å². The second-order valence-corrected chi connectivity index (χ2v) is 0. The third-order valence-corrected chi connectivity index (χ3v) is 0. The van der Waals surface area contributed by atoms with Gasteiger partial charge in [-0.3, -0.25) is 0 Å². The zero-order valence-electron chi connectivity index (χ0n) is 1.42. The average Bonchev–Trinajstić information content (AvgIpc) is 0. The maximum atomic E-state index is 0. The molecular formula is AuCuNiSn. The molecule has 0 heterocycles. The summed E-state index contributed by atoms with van der Waals surface area (Å²) in [7, 11) is 0. The minimum Gasteiger partial charge on any atom is 0 e. The van der Waals surface area contributed by atoms with Crippen LogP contribution in [0.3, 0.4) is 0 Å². The van der Waals surface area contributed by atoms with Gasteiger partial charge in [0.25, 0.3) is 0 Å². The Balaban J connectivity index is 0. The van der Waals surface area contributed by atoms with Crippen molar-refractivity contribution in [2.75, 3.05) is 0 Å². The monoisotopic (exact) mass is 438 g/mol. The van der Waals surface area contributed by atoms with Gasteiger partial charge in [0, 0.05) is 79.8 Å². The molecule has 0 saturated carbocycles. The van der Waals surface area contributed by atoms with Crippen LogP contribution in [0.5, 0.6) is 0 Å². The van der Waals surface area contributed by atoms with Gasteiger partial charge in [-0.2, -0.15) is 0 Å². The van der Waals surface area contributed by atoms with Crippen LogP contribution in [-0.4, -0.2) is 23.9 Å². The Morgan fingerprint density at radius 2 is 1.00 bits per heavy atom. The minimum atomic E-state index is 0. The van der Waals surface area contributed by atoms with Crippen molar-refractivity contribution in [2.24, 2.45) is 0 Å². The van der Waals surface area contributed by atoms with E-state index in [-0.39, 0.29) is 79.8 Å². The Labute approximate surface area is 78.7 Å². The van der Waals surface area contributed by atoms with E-state index in [1.165, 1.54) is 0 Å². The molecule has 36 valence electrons. The largest absolute Gasteiger partial charge is 0 e. The minimum absolute atomic E-state index is 0. The second-order valence-electron chi connectivity index (χ2n) is 0. The molecule has 0 nitrogen and oxygen atoms in total. The van der Waals surface area contributed by atoms with Crippen molar-refractivity contribution in [2.45, 2.75) is 0 Å². The number of hydrogen-bond acceptors (Lipinski definition) is 0. The molecule has 0 amide bonds. The molecule has 4 heteroatoms. The SMILES string of the molecule is [Au].[Cu].[Ni].[Sn]. The molecule has 0 aromatic heterocycles. The summed E-state index contributed by atoms with van der Waals surface area (Å²) in [6.45, 7) is 0. The first-order chi connectivity index (χ1) is 0. The Kier molecular flexibility index (Phi) is 137. The Morgan fingerprint density at radius 3 is 1.00 bits per heavy atom. The van der Waals surface area contributed by atoms with Crippen molar-refractivity contribution in [3.05, 3.63) is 0 Å². The summed E-state index contributed by atoms with van der Waals surface area (Å²) in [4.78, 5) is 0. The van der Waals surface area contributed by atoms with Crippen molar-refractivity contribution in [3.63, 3.8) is 0 Å². The zero-order valence-corrected chi connectivity index (χ0v) is 8.37. The zero-order chi connectivity index (χ0) is 0. The van der Waals surface area contributed by atoms with Crippen LogP contribution in [0, 0.1) is 0 Å². The van der Waals surface area contributed by atoms with Crippen LogP contribution in [0.1, 0.15) is 0 Å². The molecule has 0 unspecified atom stereocenters. The summed E-state index contributed by atoms with van der Waals surface area (Å²) >= 11 is 0. The normalized spacial score (nSPS) is 0. The third kappa shape index (κ3) is 8.82. The first kappa shape index (κ1) is 31.0. The molecule has 0 aliphatic heterocycles. The van der Waals surface area contributed by atoms with Crippen LogP contribution in [0.25, 0.3) is 0 Å². The molecule has 0 aromatic rings. The van der Waals surface area contributed by atoms with Crippen LogP contribution in [0.4, 0.5) is 0 Å². The fourth-order valence-corrected chi connectivity index (χ4v) is 0. The van der Waals surface area contributed by atoms with Gasteiger partial charge in [-0.25, -0.2) is 0 Å². The van der Waals surface area contributed by atoms with Gasteiger partial charge in [0.1, 0.15) is 0 Å². The third-order valence-electron chi connectivity index (χ3n) is 0. The molecule has 0 aliphatic carbocycles. The molecule has 0 spiro atoms. The summed E-state index contributed by atoms with van der Waals surface area (Å²) in [5, 5.41) is 0. The molecular weight excluding hydrogens is 438 g/mol. The van der Waals surface area contributed by atoms with Gasteiger partial charge >= 0.3 is 0 Å². The van der Waals surface area contributed by atoms with E-state index in [2.05, 4.69) is 0 Å². The molecule has 0 saturated heterocycles. The smallest absolute Gasteiger partial charge is 0 e. The van der Waals surface area contributed by atoms with E-state index in [1.807, 2.05) is 0 Å². The van der Waals surface area contributed by atoms with Crippen LogP contribution in [0.2, 0.25) is 0 Å². The van der Waals surface area contributed by atoms with Gasteiger partial charge in [0.15, 0.2) is 0 Å². The van der Waals surface area contributed by atoms with Crippen molar-refractivity contribution in [1.29, 1.82) is 0 Å². The van der Waals surface area contributed by atoms with E-state index < -0.39 is 0 Å². The summed E-state index contributed by atoms with van der Waals surface area (Å²) in [6, 6.07) is 0. The van der Waals surface area contributed by atoms with Crippen molar-refractivity contribution >= 4 is 23.9 Å². The Morgan fingerprint density at radius 1 is 1.00 bits per heavy atom. The maximum absolute atomic E-state index is 0. The van der Waals surface area contributed by atoms with Crippen LogP contribution in [-0.2, 0) is 55.9 Å². The van der Waals surface area contributed by atoms with E-state index in [4.69, 9.17) is 0 Å². The van der Waals surface area contributed by atoms with Crippen molar-refractivity contribution in [3.8, 4) is 0 Å². The van der Waals surface area contributed by atoms with E-state index in [9.17, 15) is 0 Å². The standard InChI is InChI=1S/Au.Cu.Ni.Sn. The molecule has 0 atom stereocenters. The fraction of sp³-hybridized carbons (Fsp3) is 0. The van der Waals surface area contributed by atoms with Crippen molar-refractivity contribution in [1.82, 2.24) is 0 Å². The summed E-state index contributed by atoms with van der Waals surface area (Å²) in [5.74, 6) is 0. The molecule has 0 fully saturated rings. The van der Waals surface area contributed by atoms with E-state index in [1.54, 1.807) is 0 Å². The van der Waals surface area contributed by atoms with Gasteiger partial charge < -0.3 is 0 Å². The van der Waals surface area contributed by atoms with E-state index in [0.29, 0.717) is 0 Å². The van der Waals surface area contributed by atoms with Gasteiger partial charge in [0.05, 0.1) is 0 Å².